The van der Waals surface area contributed by atoms with Gasteiger partial charge in [0.15, 0.2) is 24.2 Å². The van der Waals surface area contributed by atoms with Gasteiger partial charge in [0.1, 0.15) is 12.2 Å². The lowest BCUT2D eigenvalue weighted by atomic mass is 9.98. The van der Waals surface area contributed by atoms with Crippen molar-refractivity contribution in [3.63, 3.8) is 0 Å². The summed E-state index contributed by atoms with van der Waals surface area (Å²) in [7, 11) is 0. The smallest absolute Gasteiger partial charge is 0.358 e. The van der Waals surface area contributed by atoms with E-state index in [0.717, 1.165) is 11.1 Å². The van der Waals surface area contributed by atoms with Gasteiger partial charge < -0.3 is 28.4 Å². The molecule has 2 aliphatic rings. The Morgan fingerprint density at radius 3 is 2.49 bits per heavy atom. The van der Waals surface area contributed by atoms with Crippen LogP contribution in [0.3, 0.4) is 0 Å². The molecule has 2 heterocycles. The number of benzene rings is 3. The molecule has 10 heteroatoms. The fourth-order valence-electron chi connectivity index (χ4n) is 4.39. The van der Waals surface area contributed by atoms with Crippen molar-refractivity contribution in [1.29, 1.82) is 0 Å². The number of fused-ring (bicyclic) bond motifs is 1. The third-order valence-electron chi connectivity index (χ3n) is 6.40. The molecule has 2 aliphatic heterocycles. The number of hydrogen-bond donors (Lipinski definition) is 0. The van der Waals surface area contributed by atoms with E-state index in [1.54, 1.807) is 24.3 Å². The zero-order valence-electron chi connectivity index (χ0n) is 21.0. The number of esters is 1. The number of thiocarbonyl (C=S) groups is 1. The highest BCUT2D eigenvalue weighted by Crippen LogP contribution is 2.32. The van der Waals surface area contributed by atoms with Crippen LogP contribution < -0.4 is 4.74 Å². The molecule has 0 radical (unpaired) electrons. The lowest BCUT2D eigenvalue weighted by Gasteiger charge is -2.45. The van der Waals surface area contributed by atoms with Crippen LogP contribution in [0.2, 0.25) is 10.0 Å². The van der Waals surface area contributed by atoms with Crippen LogP contribution in [0.1, 0.15) is 21.5 Å². The first kappa shape index (κ1) is 27.8. The number of carbonyl (C=O) groups is 1. The molecule has 5 atom stereocenters. The highest BCUT2D eigenvalue weighted by atomic mass is 35.5. The molecule has 7 nitrogen and oxygen atoms in total. The van der Waals surface area contributed by atoms with Gasteiger partial charge in [0.05, 0.1) is 23.8 Å². The van der Waals surface area contributed by atoms with Crippen molar-refractivity contribution in [2.45, 2.75) is 44.1 Å². The Morgan fingerprint density at radius 1 is 0.974 bits per heavy atom. The predicted octanol–water partition coefficient (Wildman–Crippen LogP) is 5.96. The molecule has 3 aromatic carbocycles. The molecular formula is C29H26Cl2O7S. The average molecular weight is 589 g/mol. The van der Waals surface area contributed by atoms with Gasteiger partial charge in [-0.1, -0.05) is 71.2 Å². The summed E-state index contributed by atoms with van der Waals surface area (Å²) in [5, 5.41) is 0.511. The van der Waals surface area contributed by atoms with E-state index in [9.17, 15) is 4.79 Å². The van der Waals surface area contributed by atoms with Crippen molar-refractivity contribution in [2.24, 2.45) is 0 Å². The molecule has 0 bridgehead atoms. The summed E-state index contributed by atoms with van der Waals surface area (Å²) in [6.07, 6.45) is -2.82. The van der Waals surface area contributed by atoms with Crippen LogP contribution in [0, 0.1) is 6.92 Å². The highest BCUT2D eigenvalue weighted by Gasteiger charge is 2.49. The molecule has 0 unspecified atom stereocenters. The molecule has 5 rings (SSSR count). The van der Waals surface area contributed by atoms with Crippen molar-refractivity contribution in [2.75, 3.05) is 13.2 Å². The molecule has 0 amide bonds. The SMILES string of the molecule is Cc1ccc(C(=O)O[C@@H]2CO[C@H]3CO[C@H](Cc4ccccc4)O[C@H]3[C@@H]2OC(=S)Oc2ccc(Cl)cc2Cl)cc1. The number of rotatable bonds is 6. The van der Waals surface area contributed by atoms with Crippen LogP contribution in [0.15, 0.2) is 72.8 Å². The van der Waals surface area contributed by atoms with Crippen LogP contribution in [-0.2, 0) is 30.1 Å². The normalized spacial score (nSPS) is 24.3. The van der Waals surface area contributed by atoms with Gasteiger partial charge in [0.2, 0.25) is 0 Å². The second kappa shape index (κ2) is 12.6. The molecule has 39 heavy (non-hydrogen) atoms. The maximum absolute atomic E-state index is 13.0. The maximum Gasteiger partial charge on any atom is 0.358 e. The quantitative estimate of drug-likeness (QED) is 0.258. The third-order valence-corrected chi connectivity index (χ3v) is 7.11. The summed E-state index contributed by atoms with van der Waals surface area (Å²) < 4.78 is 35.9. The van der Waals surface area contributed by atoms with E-state index in [1.807, 2.05) is 49.4 Å². The standard InChI is InChI=1S/C29H26Cl2O7S/c1-17-7-9-19(10-8-17)28(32)35-24-16-33-23-15-34-25(13-18-5-3-2-4-6-18)37-26(23)27(24)38-29(39)36-22-12-11-20(30)14-21(22)31/h2-12,14,23-27H,13,15-16H2,1H3/t23-,24+,25-,26+,27+/m0/s1. The topological polar surface area (TPSA) is 72.5 Å². The van der Waals surface area contributed by atoms with Gasteiger partial charge in [0, 0.05) is 23.7 Å². The Labute approximate surface area is 241 Å². The zero-order chi connectivity index (χ0) is 27.4. The molecule has 3 aromatic rings. The molecule has 0 saturated carbocycles. The minimum Gasteiger partial charge on any atom is -0.452 e. The van der Waals surface area contributed by atoms with Crippen LogP contribution in [0.4, 0.5) is 0 Å². The first-order valence-electron chi connectivity index (χ1n) is 12.4. The van der Waals surface area contributed by atoms with Gasteiger partial charge in [-0.05, 0) is 42.8 Å². The molecule has 0 N–H and O–H groups in total. The molecule has 204 valence electrons. The van der Waals surface area contributed by atoms with Crippen LogP contribution >= 0.6 is 35.4 Å². The minimum atomic E-state index is -0.835. The van der Waals surface area contributed by atoms with E-state index in [1.165, 1.54) is 6.07 Å². The first-order chi connectivity index (χ1) is 18.9. The van der Waals surface area contributed by atoms with Gasteiger partial charge in [0.25, 0.3) is 0 Å². The van der Waals surface area contributed by atoms with E-state index in [4.69, 9.17) is 63.8 Å². The largest absolute Gasteiger partial charge is 0.452 e. The van der Waals surface area contributed by atoms with Crippen molar-refractivity contribution in [3.05, 3.63) is 99.5 Å². The van der Waals surface area contributed by atoms with E-state index in [-0.39, 0.29) is 29.2 Å². The van der Waals surface area contributed by atoms with Gasteiger partial charge in [-0.2, -0.15) is 0 Å². The summed E-state index contributed by atoms with van der Waals surface area (Å²) in [5.74, 6) is -0.242. The Kier molecular flexibility index (Phi) is 9.02. The Morgan fingerprint density at radius 2 is 1.74 bits per heavy atom. The van der Waals surface area contributed by atoms with Crippen molar-refractivity contribution in [1.82, 2.24) is 0 Å². The number of ether oxygens (including phenoxy) is 6. The number of carbonyl (C=O) groups excluding carboxylic acids is 1. The summed E-state index contributed by atoms with van der Waals surface area (Å²) in [4.78, 5) is 13.0. The maximum atomic E-state index is 13.0. The van der Waals surface area contributed by atoms with Crippen LogP contribution in [0.5, 0.6) is 5.75 Å². The average Bonchev–Trinajstić information content (AvgIpc) is 2.92. The van der Waals surface area contributed by atoms with Gasteiger partial charge in [-0.3, -0.25) is 0 Å². The summed E-state index contributed by atoms with van der Waals surface area (Å²) >= 11 is 17.6. The lowest BCUT2D eigenvalue weighted by Crippen LogP contribution is -2.61. The molecule has 2 fully saturated rings. The van der Waals surface area contributed by atoms with Crippen LogP contribution in [-0.4, -0.2) is 55.1 Å². The highest BCUT2D eigenvalue weighted by molar-refractivity contribution is 7.79. The fourth-order valence-corrected chi connectivity index (χ4v) is 5.04. The fraction of sp³-hybridized carbons (Fsp3) is 0.310. The summed E-state index contributed by atoms with van der Waals surface area (Å²) in [6.45, 7) is 2.28. The molecular weight excluding hydrogens is 563 g/mol. The molecule has 2 saturated heterocycles. The van der Waals surface area contributed by atoms with Crippen molar-refractivity contribution in [3.8, 4) is 5.75 Å². The molecule has 0 spiro atoms. The van der Waals surface area contributed by atoms with E-state index in [0.29, 0.717) is 17.0 Å². The summed E-state index contributed by atoms with van der Waals surface area (Å²) in [6, 6.07) is 21.7. The van der Waals surface area contributed by atoms with E-state index in [2.05, 4.69) is 0 Å². The van der Waals surface area contributed by atoms with Gasteiger partial charge in [-0.15, -0.1) is 0 Å². The number of hydrogen-bond acceptors (Lipinski definition) is 8. The van der Waals surface area contributed by atoms with Crippen molar-refractivity contribution < 1.29 is 33.2 Å². The van der Waals surface area contributed by atoms with E-state index < -0.39 is 36.7 Å². The Bertz CT molecular complexity index is 1300. The minimum absolute atomic E-state index is 0.0593. The third kappa shape index (κ3) is 7.08. The zero-order valence-corrected chi connectivity index (χ0v) is 23.3. The lowest BCUT2D eigenvalue weighted by molar-refractivity contribution is -0.307. The Hall–Kier alpha value is -2.72. The first-order valence-corrected chi connectivity index (χ1v) is 13.6. The number of aryl methyl sites for hydroxylation is 1. The number of halogens is 2. The van der Waals surface area contributed by atoms with Crippen molar-refractivity contribution >= 4 is 46.6 Å². The van der Waals surface area contributed by atoms with Gasteiger partial charge >= 0.3 is 11.2 Å². The van der Waals surface area contributed by atoms with E-state index >= 15 is 0 Å². The van der Waals surface area contributed by atoms with Crippen LogP contribution in [0.25, 0.3) is 0 Å². The predicted molar refractivity (Wildman–Crippen MR) is 149 cm³/mol. The van der Waals surface area contributed by atoms with Gasteiger partial charge in [-0.25, -0.2) is 4.79 Å². The second-order valence-corrected chi connectivity index (χ2v) is 10.4. The monoisotopic (exact) mass is 588 g/mol. The second-order valence-electron chi connectivity index (χ2n) is 9.24. The Balaban J connectivity index is 1.35. The summed E-state index contributed by atoms with van der Waals surface area (Å²) in [5.41, 5.74) is 2.48. The molecule has 0 aromatic heterocycles. The molecule has 0 aliphatic carbocycles.